The molecule has 0 saturated heterocycles. The second kappa shape index (κ2) is 14.5. The Balaban J connectivity index is 1.38. The predicted molar refractivity (Wildman–Crippen MR) is 137 cm³/mol. The molecule has 0 atom stereocenters. The van der Waals surface area contributed by atoms with E-state index in [1.165, 1.54) is 19.3 Å². The molecule has 0 radical (unpaired) electrons. The van der Waals surface area contributed by atoms with E-state index in [2.05, 4.69) is 17.6 Å². The molecular formula is C28H34N2O4. The number of ether oxygens (including phenoxy) is 3. The minimum absolute atomic E-state index is 0.143. The maximum absolute atomic E-state index is 12.4. The molecule has 0 unspecified atom stereocenters. The number of carbonyl (C=O) groups excluding carboxylic acids is 1. The van der Waals surface area contributed by atoms with Crippen molar-refractivity contribution < 1.29 is 19.0 Å². The normalized spacial score (nSPS) is 10.4. The van der Waals surface area contributed by atoms with Crippen LogP contribution in [0.15, 0.2) is 78.9 Å². The number of nitrogens with one attached hydrogen (secondary N) is 2. The first-order valence-corrected chi connectivity index (χ1v) is 11.9. The molecule has 3 rings (SSSR count). The van der Waals surface area contributed by atoms with Gasteiger partial charge >= 0.3 is 0 Å². The van der Waals surface area contributed by atoms with Gasteiger partial charge in [0.2, 0.25) is 5.91 Å². The van der Waals surface area contributed by atoms with Crippen LogP contribution in [-0.4, -0.2) is 32.3 Å². The second-order valence-electron chi connectivity index (χ2n) is 7.88. The Labute approximate surface area is 202 Å². The van der Waals surface area contributed by atoms with Gasteiger partial charge < -0.3 is 24.8 Å². The van der Waals surface area contributed by atoms with Gasteiger partial charge in [0.1, 0.15) is 30.5 Å². The highest BCUT2D eigenvalue weighted by Crippen LogP contribution is 2.19. The Hall–Kier alpha value is -3.67. The minimum atomic E-state index is -0.143. The van der Waals surface area contributed by atoms with Crippen LogP contribution in [0.1, 0.15) is 32.6 Å². The number of anilines is 2. The first kappa shape index (κ1) is 25.0. The van der Waals surface area contributed by atoms with Crippen LogP contribution in [0.25, 0.3) is 0 Å². The number of rotatable bonds is 15. The highest BCUT2D eigenvalue weighted by molar-refractivity contribution is 5.93. The Morgan fingerprint density at radius 2 is 1.29 bits per heavy atom. The number of benzene rings is 3. The summed E-state index contributed by atoms with van der Waals surface area (Å²) in [6.07, 6.45) is 4.68. The molecule has 0 saturated carbocycles. The molecule has 0 aliphatic carbocycles. The van der Waals surface area contributed by atoms with Crippen molar-refractivity contribution in [1.82, 2.24) is 0 Å². The molecule has 0 spiro atoms. The number of unbranched alkanes of at least 4 members (excludes halogenated alkanes) is 3. The molecule has 3 aromatic carbocycles. The van der Waals surface area contributed by atoms with E-state index in [1.54, 1.807) is 6.07 Å². The zero-order valence-electron chi connectivity index (χ0n) is 19.8. The van der Waals surface area contributed by atoms with Crippen molar-refractivity contribution >= 4 is 17.3 Å². The highest BCUT2D eigenvalue weighted by Gasteiger charge is 2.05. The van der Waals surface area contributed by atoms with E-state index in [0.717, 1.165) is 23.6 Å². The van der Waals surface area contributed by atoms with Crippen LogP contribution in [0.5, 0.6) is 17.2 Å². The largest absolute Gasteiger partial charge is 0.494 e. The van der Waals surface area contributed by atoms with Crippen LogP contribution < -0.4 is 24.8 Å². The lowest BCUT2D eigenvalue weighted by Gasteiger charge is -2.12. The summed E-state index contributed by atoms with van der Waals surface area (Å²) in [4.78, 5) is 12.4. The van der Waals surface area contributed by atoms with Crippen LogP contribution in [0.3, 0.4) is 0 Å². The first-order valence-electron chi connectivity index (χ1n) is 11.9. The van der Waals surface area contributed by atoms with Gasteiger partial charge in [-0.2, -0.15) is 0 Å². The molecule has 6 nitrogen and oxygen atoms in total. The number of para-hydroxylation sites is 1. The maximum atomic E-state index is 12.4. The van der Waals surface area contributed by atoms with Gasteiger partial charge in [0.25, 0.3) is 0 Å². The molecule has 3 aromatic rings. The predicted octanol–water partition coefficient (Wildman–Crippen LogP) is 6.15. The lowest BCUT2D eigenvalue weighted by atomic mass is 10.2. The average molecular weight is 463 g/mol. The summed E-state index contributed by atoms with van der Waals surface area (Å²) < 4.78 is 17.2. The van der Waals surface area contributed by atoms with Gasteiger partial charge in [-0.3, -0.25) is 4.79 Å². The molecule has 0 aromatic heterocycles. The maximum Gasteiger partial charge on any atom is 0.243 e. The van der Waals surface area contributed by atoms with E-state index in [1.807, 2.05) is 72.8 Å². The lowest BCUT2D eigenvalue weighted by Crippen LogP contribution is -2.21. The molecule has 34 heavy (non-hydrogen) atoms. The van der Waals surface area contributed by atoms with Gasteiger partial charge in [0, 0.05) is 23.5 Å². The fourth-order valence-electron chi connectivity index (χ4n) is 3.30. The van der Waals surface area contributed by atoms with Gasteiger partial charge in [-0.25, -0.2) is 0 Å². The second-order valence-corrected chi connectivity index (χ2v) is 7.88. The number of hydrogen-bond acceptors (Lipinski definition) is 5. The Kier molecular flexibility index (Phi) is 10.6. The van der Waals surface area contributed by atoms with E-state index in [-0.39, 0.29) is 12.5 Å². The van der Waals surface area contributed by atoms with E-state index in [9.17, 15) is 4.79 Å². The third-order valence-corrected chi connectivity index (χ3v) is 5.04. The van der Waals surface area contributed by atoms with Gasteiger partial charge in [-0.15, -0.1) is 0 Å². The van der Waals surface area contributed by atoms with Crippen LogP contribution >= 0.6 is 0 Å². The van der Waals surface area contributed by atoms with Crippen molar-refractivity contribution in [2.45, 2.75) is 32.6 Å². The molecule has 2 N–H and O–H groups in total. The number of amides is 1. The summed E-state index contributed by atoms with van der Waals surface area (Å²) >= 11 is 0. The molecule has 1 amide bonds. The highest BCUT2D eigenvalue weighted by atomic mass is 16.5. The molecule has 0 fully saturated rings. The summed E-state index contributed by atoms with van der Waals surface area (Å²) in [5.74, 6) is 2.15. The van der Waals surface area contributed by atoms with Crippen molar-refractivity contribution in [3.05, 3.63) is 78.9 Å². The van der Waals surface area contributed by atoms with E-state index >= 15 is 0 Å². The summed E-state index contributed by atoms with van der Waals surface area (Å²) in [6, 6.07) is 24.6. The van der Waals surface area contributed by atoms with Crippen molar-refractivity contribution in [1.29, 1.82) is 0 Å². The monoisotopic (exact) mass is 462 g/mol. The van der Waals surface area contributed by atoms with Crippen molar-refractivity contribution in [2.75, 3.05) is 37.0 Å². The zero-order valence-corrected chi connectivity index (χ0v) is 19.8. The molecular weight excluding hydrogens is 428 g/mol. The van der Waals surface area contributed by atoms with Gasteiger partial charge in [-0.1, -0.05) is 56.5 Å². The zero-order chi connectivity index (χ0) is 23.8. The SMILES string of the molecule is CCCCCCOc1cccc(NCC(=O)Nc2cccc(OCCOc3ccccc3)c2)c1. The van der Waals surface area contributed by atoms with Gasteiger partial charge in [-0.05, 0) is 42.8 Å². The van der Waals surface area contributed by atoms with Crippen LogP contribution in [0, 0.1) is 0 Å². The van der Waals surface area contributed by atoms with Gasteiger partial charge in [0.05, 0.1) is 13.2 Å². The quantitative estimate of drug-likeness (QED) is 0.265. The first-order chi connectivity index (χ1) is 16.7. The molecule has 6 heteroatoms. The fraction of sp³-hybridized carbons (Fsp3) is 0.321. The molecule has 0 bridgehead atoms. The topological polar surface area (TPSA) is 68.8 Å². The summed E-state index contributed by atoms with van der Waals surface area (Å²) in [6.45, 7) is 3.90. The summed E-state index contributed by atoms with van der Waals surface area (Å²) in [5.41, 5.74) is 1.52. The summed E-state index contributed by atoms with van der Waals surface area (Å²) in [5, 5.41) is 6.04. The van der Waals surface area contributed by atoms with Crippen LogP contribution in [-0.2, 0) is 4.79 Å². The van der Waals surface area contributed by atoms with E-state index in [4.69, 9.17) is 14.2 Å². The van der Waals surface area contributed by atoms with Gasteiger partial charge in [0.15, 0.2) is 0 Å². The van der Waals surface area contributed by atoms with Crippen molar-refractivity contribution in [2.24, 2.45) is 0 Å². The molecule has 0 heterocycles. The standard InChI is InChI=1S/C28H34N2O4/c1-2-3-4-8-17-32-26-15-9-11-23(20-26)29-22-28(31)30-24-12-10-16-27(21-24)34-19-18-33-25-13-6-5-7-14-25/h5-7,9-16,20-21,29H,2-4,8,17-19,22H2,1H3,(H,30,31). The van der Waals surface area contributed by atoms with E-state index < -0.39 is 0 Å². The van der Waals surface area contributed by atoms with Crippen molar-refractivity contribution in [3.8, 4) is 17.2 Å². The number of carbonyl (C=O) groups is 1. The number of hydrogen-bond donors (Lipinski definition) is 2. The molecule has 180 valence electrons. The lowest BCUT2D eigenvalue weighted by molar-refractivity contribution is -0.114. The molecule has 0 aliphatic rings. The van der Waals surface area contributed by atoms with Crippen LogP contribution in [0.2, 0.25) is 0 Å². The fourth-order valence-corrected chi connectivity index (χ4v) is 3.30. The van der Waals surface area contributed by atoms with Crippen molar-refractivity contribution in [3.63, 3.8) is 0 Å². The Morgan fingerprint density at radius 3 is 2.03 bits per heavy atom. The Morgan fingerprint density at radius 1 is 0.676 bits per heavy atom. The summed E-state index contributed by atoms with van der Waals surface area (Å²) in [7, 11) is 0. The molecule has 0 aliphatic heterocycles. The Bertz CT molecular complexity index is 994. The third kappa shape index (κ3) is 9.45. The van der Waals surface area contributed by atoms with Crippen LogP contribution in [0.4, 0.5) is 11.4 Å². The smallest absolute Gasteiger partial charge is 0.243 e. The van der Waals surface area contributed by atoms with E-state index in [0.29, 0.717) is 31.3 Å². The average Bonchev–Trinajstić information content (AvgIpc) is 2.86. The third-order valence-electron chi connectivity index (χ3n) is 5.04. The minimum Gasteiger partial charge on any atom is -0.494 e.